The summed E-state index contributed by atoms with van der Waals surface area (Å²) in [6.07, 6.45) is 80.8. The fraction of sp³-hybridized carbons (Fsp3) is 0.540. The Balaban J connectivity index is 4.63. The monoisotopic (exact) mass is 949 g/mol. The van der Waals surface area contributed by atoms with E-state index in [4.69, 9.17) is 14.2 Å². The standard InChI is InChI=1S/C63H96O6/c1-4-7-10-13-16-19-22-25-28-31-33-35-38-41-44-47-50-53-56-62(65)68-59-60(58-67-61(64)55-52-49-46-43-40-37-34-30-27-24-21-18-15-12-9-6-3)69-63(66)57-54-51-48-45-42-39-36-32-29-26-23-20-17-14-11-8-5-2/h8-9,11-12,16-22,25-31,33,35-37,39-40,45,48,60H,4-7,10,13-15,23-24,32,34,38,41-44,46-47,49-59H2,1-3H3/b11-8-,12-9-,19-16-,20-17-,21-18-,25-22-,29-26-,30-27-,31-28-,35-33-,39-36-,40-37-,48-45-. The van der Waals surface area contributed by atoms with Gasteiger partial charge in [0.25, 0.3) is 0 Å². The van der Waals surface area contributed by atoms with Crippen molar-refractivity contribution < 1.29 is 28.6 Å². The molecule has 0 spiro atoms. The molecule has 1 unspecified atom stereocenters. The molecule has 6 heteroatoms. The predicted molar refractivity (Wildman–Crippen MR) is 297 cm³/mol. The maximum absolute atomic E-state index is 12.8. The average molecular weight is 949 g/mol. The Hall–Kier alpha value is -4.97. The molecule has 0 radical (unpaired) electrons. The van der Waals surface area contributed by atoms with Crippen LogP contribution in [-0.4, -0.2) is 37.2 Å². The van der Waals surface area contributed by atoms with E-state index in [1.807, 2.05) is 0 Å². The summed E-state index contributed by atoms with van der Waals surface area (Å²) in [6, 6.07) is 0. The van der Waals surface area contributed by atoms with Crippen molar-refractivity contribution in [1.82, 2.24) is 0 Å². The topological polar surface area (TPSA) is 78.9 Å². The lowest BCUT2D eigenvalue weighted by Crippen LogP contribution is -2.30. The number of hydrogen-bond acceptors (Lipinski definition) is 6. The van der Waals surface area contributed by atoms with E-state index in [1.165, 1.54) is 19.3 Å². The summed E-state index contributed by atoms with van der Waals surface area (Å²) >= 11 is 0. The van der Waals surface area contributed by atoms with Crippen LogP contribution in [0.15, 0.2) is 158 Å². The van der Waals surface area contributed by atoms with E-state index in [2.05, 4.69) is 179 Å². The van der Waals surface area contributed by atoms with Gasteiger partial charge in [0.1, 0.15) is 13.2 Å². The van der Waals surface area contributed by atoms with Gasteiger partial charge in [0.15, 0.2) is 6.10 Å². The Bertz CT molecular complexity index is 1610. The van der Waals surface area contributed by atoms with Crippen LogP contribution >= 0.6 is 0 Å². The zero-order valence-electron chi connectivity index (χ0n) is 43.8. The molecule has 0 aliphatic heterocycles. The van der Waals surface area contributed by atoms with Gasteiger partial charge < -0.3 is 14.2 Å². The number of hydrogen-bond donors (Lipinski definition) is 0. The first kappa shape index (κ1) is 64.0. The van der Waals surface area contributed by atoms with Crippen LogP contribution < -0.4 is 0 Å². The van der Waals surface area contributed by atoms with Crippen molar-refractivity contribution in [2.75, 3.05) is 13.2 Å². The van der Waals surface area contributed by atoms with Crippen LogP contribution in [-0.2, 0) is 28.6 Å². The Morgan fingerprint density at radius 2 is 0.638 bits per heavy atom. The molecule has 0 heterocycles. The van der Waals surface area contributed by atoms with Crippen LogP contribution in [0.4, 0.5) is 0 Å². The van der Waals surface area contributed by atoms with Crippen molar-refractivity contribution in [3.8, 4) is 0 Å². The molecule has 0 fully saturated rings. The zero-order chi connectivity index (χ0) is 50.0. The van der Waals surface area contributed by atoms with Crippen LogP contribution in [0.3, 0.4) is 0 Å². The van der Waals surface area contributed by atoms with Gasteiger partial charge in [0.2, 0.25) is 0 Å². The average Bonchev–Trinajstić information content (AvgIpc) is 3.35. The highest BCUT2D eigenvalue weighted by Gasteiger charge is 2.19. The van der Waals surface area contributed by atoms with E-state index in [9.17, 15) is 14.4 Å². The molecule has 0 amide bonds. The minimum absolute atomic E-state index is 0.131. The number of rotatable bonds is 46. The number of allylic oxidation sites excluding steroid dienone is 26. The van der Waals surface area contributed by atoms with Gasteiger partial charge in [-0.2, -0.15) is 0 Å². The minimum atomic E-state index is -0.840. The van der Waals surface area contributed by atoms with Gasteiger partial charge in [0.05, 0.1) is 0 Å². The minimum Gasteiger partial charge on any atom is -0.462 e. The highest BCUT2D eigenvalue weighted by Crippen LogP contribution is 2.11. The molecular formula is C63H96O6. The summed E-state index contributed by atoms with van der Waals surface area (Å²) in [5.41, 5.74) is 0. The second-order valence-electron chi connectivity index (χ2n) is 17.1. The van der Waals surface area contributed by atoms with Crippen LogP contribution in [0.5, 0.6) is 0 Å². The first-order chi connectivity index (χ1) is 34.0. The van der Waals surface area contributed by atoms with Gasteiger partial charge in [0, 0.05) is 19.3 Å². The third kappa shape index (κ3) is 53.8. The first-order valence-corrected chi connectivity index (χ1v) is 27.0. The molecule has 69 heavy (non-hydrogen) atoms. The third-order valence-corrected chi connectivity index (χ3v) is 10.6. The number of unbranched alkanes of at least 4 members (excludes halogenated alkanes) is 12. The van der Waals surface area contributed by atoms with Crippen molar-refractivity contribution in [3.05, 3.63) is 158 Å². The Morgan fingerprint density at radius 1 is 0.319 bits per heavy atom. The molecule has 6 nitrogen and oxygen atoms in total. The molecule has 1 atom stereocenters. The smallest absolute Gasteiger partial charge is 0.306 e. The highest BCUT2D eigenvalue weighted by molar-refractivity contribution is 5.71. The maximum atomic E-state index is 12.8. The van der Waals surface area contributed by atoms with Gasteiger partial charge in [-0.05, 0) is 122 Å². The van der Waals surface area contributed by atoms with E-state index in [1.54, 1.807) is 0 Å². The normalized spacial score (nSPS) is 13.4. The summed E-state index contributed by atoms with van der Waals surface area (Å²) in [6.45, 7) is 6.25. The quantitative estimate of drug-likeness (QED) is 0.0199. The fourth-order valence-corrected chi connectivity index (χ4v) is 6.60. The Kier molecular flexibility index (Phi) is 51.6. The summed E-state index contributed by atoms with van der Waals surface area (Å²) in [7, 11) is 0. The van der Waals surface area contributed by atoms with Gasteiger partial charge >= 0.3 is 17.9 Å². The van der Waals surface area contributed by atoms with Gasteiger partial charge in [-0.15, -0.1) is 0 Å². The lowest BCUT2D eigenvalue weighted by molar-refractivity contribution is -0.167. The predicted octanol–water partition coefficient (Wildman–Crippen LogP) is 18.2. The molecule has 0 rings (SSSR count). The molecule has 0 saturated carbocycles. The van der Waals surface area contributed by atoms with Crippen molar-refractivity contribution >= 4 is 17.9 Å². The van der Waals surface area contributed by atoms with Crippen LogP contribution in [0.2, 0.25) is 0 Å². The molecule has 0 aromatic rings. The van der Waals surface area contributed by atoms with Crippen molar-refractivity contribution in [3.63, 3.8) is 0 Å². The van der Waals surface area contributed by atoms with E-state index >= 15 is 0 Å². The second kappa shape index (κ2) is 55.6. The molecule has 0 aromatic carbocycles. The van der Waals surface area contributed by atoms with E-state index in [0.717, 1.165) is 135 Å². The van der Waals surface area contributed by atoms with Crippen LogP contribution in [0.1, 0.15) is 201 Å². The fourth-order valence-electron chi connectivity index (χ4n) is 6.60. The number of ether oxygens (including phenoxy) is 3. The van der Waals surface area contributed by atoms with E-state index < -0.39 is 6.10 Å². The van der Waals surface area contributed by atoms with Gasteiger partial charge in [-0.1, -0.05) is 217 Å². The van der Waals surface area contributed by atoms with Crippen LogP contribution in [0.25, 0.3) is 0 Å². The molecule has 0 saturated heterocycles. The molecule has 0 aromatic heterocycles. The maximum Gasteiger partial charge on any atom is 0.306 e. The first-order valence-electron chi connectivity index (χ1n) is 27.0. The third-order valence-electron chi connectivity index (χ3n) is 10.6. The molecule has 0 bridgehead atoms. The number of carbonyl (C=O) groups excluding carboxylic acids is 3. The van der Waals surface area contributed by atoms with E-state index in [0.29, 0.717) is 19.3 Å². The number of carbonyl (C=O) groups is 3. The number of esters is 3. The molecule has 0 N–H and O–H groups in total. The summed E-state index contributed by atoms with van der Waals surface area (Å²) < 4.78 is 16.7. The lowest BCUT2D eigenvalue weighted by atomic mass is 10.1. The molecule has 0 aliphatic carbocycles. The summed E-state index contributed by atoms with van der Waals surface area (Å²) in [5, 5.41) is 0. The summed E-state index contributed by atoms with van der Waals surface area (Å²) in [4.78, 5) is 38.1. The zero-order valence-corrected chi connectivity index (χ0v) is 43.8. The lowest BCUT2D eigenvalue weighted by Gasteiger charge is -2.18. The van der Waals surface area contributed by atoms with Crippen LogP contribution in [0, 0.1) is 0 Å². The highest BCUT2D eigenvalue weighted by atomic mass is 16.6. The molecular weight excluding hydrogens is 853 g/mol. The van der Waals surface area contributed by atoms with Gasteiger partial charge in [-0.3, -0.25) is 14.4 Å². The summed E-state index contributed by atoms with van der Waals surface area (Å²) in [5.74, 6) is -1.05. The Morgan fingerprint density at radius 3 is 1.07 bits per heavy atom. The molecule has 0 aliphatic rings. The van der Waals surface area contributed by atoms with Crippen molar-refractivity contribution in [2.24, 2.45) is 0 Å². The van der Waals surface area contributed by atoms with Gasteiger partial charge in [-0.25, -0.2) is 0 Å². The van der Waals surface area contributed by atoms with Crippen molar-refractivity contribution in [1.29, 1.82) is 0 Å². The second-order valence-corrected chi connectivity index (χ2v) is 17.1. The molecule has 384 valence electrons. The SMILES string of the molecule is CC/C=C\C/C=C\C/C=C\C/C=C\C/C=C\CCCC(=O)OC(COC(=O)CCCCC/C=C\C/C=C\C/C=C\C/C=C\CC)COC(=O)CCCCCCC\C=C/C=C\C=C/C=C\CCCCC. The Labute approximate surface area is 422 Å². The van der Waals surface area contributed by atoms with E-state index in [-0.39, 0.29) is 37.5 Å². The van der Waals surface area contributed by atoms with Crippen molar-refractivity contribution in [2.45, 2.75) is 207 Å². The largest absolute Gasteiger partial charge is 0.462 e.